The third-order valence-corrected chi connectivity index (χ3v) is 4.46. The van der Waals surface area contributed by atoms with Gasteiger partial charge in [-0.3, -0.25) is 9.11 Å². The van der Waals surface area contributed by atoms with Crippen LogP contribution >= 0.6 is 0 Å². The van der Waals surface area contributed by atoms with Crippen LogP contribution in [0.25, 0.3) is 0 Å². The van der Waals surface area contributed by atoms with Crippen LogP contribution in [0.5, 0.6) is 0 Å². The summed E-state index contributed by atoms with van der Waals surface area (Å²) in [5.74, 6) is -0.192. The minimum atomic E-state index is -4.67. The third kappa shape index (κ3) is 37.4. The third-order valence-electron chi connectivity index (χ3n) is 4.46. The fourth-order valence-electron chi connectivity index (χ4n) is 2.93. The fourth-order valence-corrected chi connectivity index (χ4v) is 2.93. The quantitative estimate of drug-likeness (QED) is 0.0545. The Balaban J connectivity index is 0. The van der Waals surface area contributed by atoms with E-state index in [2.05, 4.69) is 27.3 Å². The van der Waals surface area contributed by atoms with E-state index in [1.807, 2.05) is 0 Å². The van der Waals surface area contributed by atoms with Gasteiger partial charge in [0.15, 0.2) is 0 Å². The number of guanidine groups is 2. The Morgan fingerprint density at radius 3 is 1.39 bits per heavy atom. The van der Waals surface area contributed by atoms with Crippen molar-refractivity contribution in [2.24, 2.45) is 43.3 Å². The lowest BCUT2D eigenvalue weighted by atomic mass is 10.0. The molecule has 0 aliphatic heterocycles. The van der Waals surface area contributed by atoms with Gasteiger partial charge in [0, 0.05) is 0 Å². The SMILES string of the molecule is CCCCCCCCCCCCCCCCC(/C=N/N=C(N)N)=N/N=C(N)N.O=S(=O)(O)O. The first-order valence-corrected chi connectivity index (χ1v) is 12.9. The van der Waals surface area contributed by atoms with Crippen LogP contribution in [0.2, 0.25) is 0 Å². The molecular formula is C20H44N8O4S. The Morgan fingerprint density at radius 1 is 0.667 bits per heavy atom. The number of nitrogens with zero attached hydrogens (tertiary/aromatic N) is 4. The maximum atomic E-state index is 8.74. The maximum absolute atomic E-state index is 8.74. The molecule has 33 heavy (non-hydrogen) atoms. The molecule has 0 aromatic carbocycles. The Bertz CT molecular complexity index is 678. The van der Waals surface area contributed by atoms with Gasteiger partial charge in [0.1, 0.15) is 0 Å². The summed E-state index contributed by atoms with van der Waals surface area (Å²) in [7, 11) is -4.67. The van der Waals surface area contributed by atoms with E-state index in [1.165, 1.54) is 83.3 Å². The van der Waals surface area contributed by atoms with Gasteiger partial charge in [-0.15, -0.1) is 10.2 Å². The van der Waals surface area contributed by atoms with Gasteiger partial charge in [-0.1, -0.05) is 90.4 Å². The van der Waals surface area contributed by atoms with Crippen LogP contribution in [0.3, 0.4) is 0 Å². The second kappa shape index (κ2) is 22.9. The van der Waals surface area contributed by atoms with E-state index in [-0.39, 0.29) is 11.9 Å². The second-order valence-corrected chi connectivity index (χ2v) is 8.58. The first kappa shape index (κ1) is 32.9. The highest BCUT2D eigenvalue weighted by molar-refractivity contribution is 7.79. The molecule has 0 fully saturated rings. The molecule has 10 N–H and O–H groups in total. The fraction of sp³-hybridized carbons (Fsp3) is 0.800. The van der Waals surface area contributed by atoms with E-state index in [4.69, 9.17) is 40.5 Å². The van der Waals surface area contributed by atoms with Crippen molar-refractivity contribution in [1.82, 2.24) is 0 Å². The van der Waals surface area contributed by atoms with Crippen LogP contribution in [-0.4, -0.2) is 41.4 Å². The maximum Gasteiger partial charge on any atom is 0.394 e. The normalized spacial score (nSPS) is 11.7. The molecule has 0 aliphatic carbocycles. The molecule has 0 heterocycles. The molecule has 0 saturated carbocycles. The molecule has 0 atom stereocenters. The zero-order chi connectivity index (χ0) is 25.4. The minimum Gasteiger partial charge on any atom is -0.369 e. The molecule has 0 aromatic rings. The van der Waals surface area contributed by atoms with Gasteiger partial charge in [0.25, 0.3) is 0 Å². The van der Waals surface area contributed by atoms with Crippen LogP contribution in [0.4, 0.5) is 0 Å². The van der Waals surface area contributed by atoms with E-state index in [1.54, 1.807) is 0 Å². The predicted molar refractivity (Wildman–Crippen MR) is 137 cm³/mol. The molecule has 0 radical (unpaired) electrons. The standard InChI is InChI=1S/C20H42N8.H2O4S/c1-2-3-4-5-6-7-8-9-10-11-12-13-14-15-16-18(26-28-20(23)24)17-25-27-19(21)22;1-5(2,3)4/h17H,2-16H2,1H3,(H4,21,22,27)(H4,23,24,28);(H2,1,2,3,4)/b25-17+,26-18-;. The van der Waals surface area contributed by atoms with E-state index in [9.17, 15) is 0 Å². The smallest absolute Gasteiger partial charge is 0.369 e. The largest absolute Gasteiger partial charge is 0.394 e. The molecule has 0 rings (SSSR count). The first-order chi connectivity index (χ1) is 15.6. The summed E-state index contributed by atoms with van der Waals surface area (Å²) in [5, 5.41) is 15.0. The summed E-state index contributed by atoms with van der Waals surface area (Å²) >= 11 is 0. The number of hydrogen-bond acceptors (Lipinski definition) is 6. The zero-order valence-corrected chi connectivity index (χ0v) is 20.7. The van der Waals surface area contributed by atoms with Crippen molar-refractivity contribution < 1.29 is 17.5 Å². The van der Waals surface area contributed by atoms with E-state index in [0.29, 0.717) is 5.71 Å². The van der Waals surface area contributed by atoms with Crippen molar-refractivity contribution in [2.45, 2.75) is 103 Å². The summed E-state index contributed by atoms with van der Waals surface area (Å²) in [6.07, 6.45) is 20.7. The van der Waals surface area contributed by atoms with Gasteiger partial charge in [0.05, 0.1) is 11.9 Å². The van der Waals surface area contributed by atoms with Crippen LogP contribution in [0, 0.1) is 0 Å². The lowest BCUT2D eigenvalue weighted by Crippen LogP contribution is -2.22. The molecule has 0 bridgehead atoms. The monoisotopic (exact) mass is 492 g/mol. The zero-order valence-electron chi connectivity index (χ0n) is 19.9. The highest BCUT2D eigenvalue weighted by Gasteiger charge is 1.98. The Kier molecular flexibility index (Phi) is 22.9. The minimum absolute atomic E-state index is 0.0892. The van der Waals surface area contributed by atoms with E-state index < -0.39 is 10.4 Å². The molecule has 0 aromatic heterocycles. The van der Waals surface area contributed by atoms with Crippen LogP contribution in [0.15, 0.2) is 20.4 Å². The number of unbranched alkanes of at least 4 members (excludes halogenated alkanes) is 13. The molecule has 0 unspecified atom stereocenters. The predicted octanol–water partition coefficient (Wildman–Crippen LogP) is 3.09. The van der Waals surface area contributed by atoms with E-state index in [0.717, 1.165) is 19.3 Å². The summed E-state index contributed by atoms with van der Waals surface area (Å²) < 4.78 is 31.6. The van der Waals surface area contributed by atoms with Crippen LogP contribution in [-0.2, 0) is 10.4 Å². The average molecular weight is 493 g/mol. The lowest BCUT2D eigenvalue weighted by molar-refractivity contribution is 0.381. The van der Waals surface area contributed by atoms with Crippen LogP contribution in [0.1, 0.15) is 103 Å². The Morgan fingerprint density at radius 2 is 1.03 bits per heavy atom. The molecule has 0 saturated heterocycles. The van der Waals surface area contributed by atoms with Crippen molar-refractivity contribution in [3.8, 4) is 0 Å². The number of rotatable bonds is 18. The highest BCUT2D eigenvalue weighted by atomic mass is 32.3. The molecular weight excluding hydrogens is 448 g/mol. The highest BCUT2D eigenvalue weighted by Crippen LogP contribution is 2.13. The van der Waals surface area contributed by atoms with Crippen molar-refractivity contribution in [3.63, 3.8) is 0 Å². The van der Waals surface area contributed by atoms with Crippen molar-refractivity contribution in [3.05, 3.63) is 0 Å². The van der Waals surface area contributed by atoms with Gasteiger partial charge in [0.2, 0.25) is 11.9 Å². The van der Waals surface area contributed by atoms with E-state index >= 15 is 0 Å². The van der Waals surface area contributed by atoms with Gasteiger partial charge in [-0.2, -0.15) is 18.6 Å². The summed E-state index contributed by atoms with van der Waals surface area (Å²) in [6.45, 7) is 2.27. The molecule has 12 nitrogen and oxygen atoms in total. The van der Waals surface area contributed by atoms with Gasteiger partial charge < -0.3 is 22.9 Å². The molecule has 0 amide bonds. The molecule has 0 spiro atoms. The summed E-state index contributed by atoms with van der Waals surface area (Å²) in [5.41, 5.74) is 21.7. The first-order valence-electron chi connectivity index (χ1n) is 11.5. The van der Waals surface area contributed by atoms with Crippen LogP contribution < -0.4 is 22.9 Å². The van der Waals surface area contributed by atoms with Gasteiger partial charge in [-0.05, 0) is 12.8 Å². The average Bonchev–Trinajstić information content (AvgIpc) is 2.70. The number of hydrogen-bond donors (Lipinski definition) is 6. The van der Waals surface area contributed by atoms with Crippen molar-refractivity contribution in [2.75, 3.05) is 0 Å². The summed E-state index contributed by atoms with van der Waals surface area (Å²) in [6, 6.07) is 0. The van der Waals surface area contributed by atoms with Crippen molar-refractivity contribution in [1.29, 1.82) is 0 Å². The Labute approximate surface area is 198 Å². The van der Waals surface area contributed by atoms with Crippen molar-refractivity contribution >= 4 is 34.2 Å². The molecule has 13 heteroatoms. The molecule has 0 aliphatic rings. The summed E-state index contributed by atoms with van der Waals surface area (Å²) in [4.78, 5) is 0. The topological polar surface area (TPSA) is 228 Å². The van der Waals surface area contributed by atoms with Gasteiger partial charge in [-0.25, -0.2) is 0 Å². The second-order valence-electron chi connectivity index (χ2n) is 7.68. The van der Waals surface area contributed by atoms with Gasteiger partial charge >= 0.3 is 10.4 Å². The molecule has 194 valence electrons. The lowest BCUT2D eigenvalue weighted by Gasteiger charge is -2.03. The Hall–Kier alpha value is -2.25. The number of nitrogens with two attached hydrogens (primary N) is 4.